The van der Waals surface area contributed by atoms with E-state index in [9.17, 15) is 29.1 Å². The summed E-state index contributed by atoms with van der Waals surface area (Å²) in [6.45, 7) is 4.64. The number of nitrogens with zero attached hydrogens (tertiary/aromatic N) is 7. The number of pyridine rings is 1. The van der Waals surface area contributed by atoms with Gasteiger partial charge in [0.05, 0.1) is 35.2 Å². The van der Waals surface area contributed by atoms with E-state index in [0.717, 1.165) is 24.5 Å². The Labute approximate surface area is 261 Å². The largest absolute Gasteiger partial charge is 0.477 e. The number of carboxylic acids is 1. The molecule has 1 N–H and O–H groups in total. The molecule has 14 heteroatoms. The van der Waals surface area contributed by atoms with Crippen molar-refractivity contribution in [1.29, 1.82) is 0 Å². The maximum absolute atomic E-state index is 15.4. The van der Waals surface area contributed by atoms with Crippen LogP contribution in [-0.4, -0.2) is 78.8 Å². The molecular weight excluding hydrogens is 597 g/mol. The summed E-state index contributed by atoms with van der Waals surface area (Å²) in [5.41, 5.74) is 1.84. The van der Waals surface area contributed by atoms with Crippen LogP contribution in [0.2, 0.25) is 0 Å². The lowest BCUT2D eigenvalue weighted by Gasteiger charge is -2.41. The Hall–Kier alpha value is -5.40. The van der Waals surface area contributed by atoms with Gasteiger partial charge in [0.25, 0.3) is 11.7 Å². The van der Waals surface area contributed by atoms with Gasteiger partial charge >= 0.3 is 5.97 Å². The van der Waals surface area contributed by atoms with E-state index >= 15 is 4.39 Å². The van der Waals surface area contributed by atoms with E-state index in [4.69, 9.17) is 0 Å². The molecule has 1 saturated heterocycles. The maximum atomic E-state index is 15.4. The molecule has 2 fully saturated rings. The zero-order chi connectivity index (χ0) is 32.4. The first kappa shape index (κ1) is 29.3. The molecule has 1 saturated carbocycles. The number of carbonyl (C=O) groups is 4. The number of carboxylic acid groups (broad SMARTS) is 1. The monoisotopic (exact) mass is 627 g/mol. The summed E-state index contributed by atoms with van der Waals surface area (Å²) in [5, 5.41) is 17.7. The number of hydrogen-bond donors (Lipinski definition) is 1. The topological polar surface area (TPSA) is 151 Å². The molecule has 1 atom stereocenters. The van der Waals surface area contributed by atoms with Crippen LogP contribution in [-0.2, 0) is 22.7 Å². The Morgan fingerprint density at radius 2 is 1.83 bits per heavy atom. The number of hydrogen-bond acceptors (Lipinski definition) is 8. The van der Waals surface area contributed by atoms with Gasteiger partial charge in [0.1, 0.15) is 23.6 Å². The van der Waals surface area contributed by atoms with Crippen molar-refractivity contribution in [3.8, 4) is 0 Å². The number of aryl methyl sites for hydroxylation is 1. The standard InChI is InChI=1S/C32H30FN7O6/c1-17-3-6-25-21(9-17)30(43)31(44)40(25)14-19-13-37(35-34-19)16-28(41)38-8-7-36(12-18(38)2)27-11-26-22(10-24(27)33)29(42)23(32(45)46)15-39(26)20-4-5-20/h3,6,9-11,13,15,18,20H,4-5,7-8,12,14,16H2,1-2H3,(H,45,46). The molecule has 4 heterocycles. The third-order valence-electron chi connectivity index (χ3n) is 8.89. The number of anilines is 2. The van der Waals surface area contributed by atoms with E-state index < -0.39 is 28.9 Å². The van der Waals surface area contributed by atoms with E-state index in [1.54, 1.807) is 33.9 Å². The molecule has 0 spiro atoms. The number of ketones is 1. The molecule has 4 aromatic rings. The number of Topliss-reactive ketones (excluding diaryl/α,β-unsaturated/α-hetero) is 1. The molecule has 1 aliphatic carbocycles. The highest BCUT2D eigenvalue weighted by atomic mass is 19.1. The molecule has 2 aromatic carbocycles. The van der Waals surface area contributed by atoms with Crippen molar-refractivity contribution in [2.45, 2.75) is 51.9 Å². The smallest absolute Gasteiger partial charge is 0.341 e. The number of carbonyl (C=O) groups excluding carboxylic acids is 3. The number of aromatic nitrogens is 4. The Bertz CT molecular complexity index is 2030. The Balaban J connectivity index is 1.04. The van der Waals surface area contributed by atoms with Gasteiger partial charge in [-0.15, -0.1) is 5.10 Å². The van der Waals surface area contributed by atoms with Gasteiger partial charge in [0, 0.05) is 43.3 Å². The third-order valence-corrected chi connectivity index (χ3v) is 8.89. The maximum Gasteiger partial charge on any atom is 0.341 e. The SMILES string of the molecule is Cc1ccc2c(c1)C(=O)C(=O)N2Cc1cn(CC(=O)N2CCN(c3cc4c(cc3F)c(=O)c(C(=O)O)cn4C3CC3)CC2C)nn1. The van der Waals surface area contributed by atoms with Crippen molar-refractivity contribution >= 4 is 45.8 Å². The summed E-state index contributed by atoms with van der Waals surface area (Å²) in [7, 11) is 0. The van der Waals surface area contributed by atoms with Crippen molar-refractivity contribution in [2.75, 3.05) is 29.4 Å². The van der Waals surface area contributed by atoms with Crippen molar-refractivity contribution in [2.24, 2.45) is 0 Å². The Kier molecular flexibility index (Phi) is 6.94. The van der Waals surface area contributed by atoms with Crippen LogP contribution in [0, 0.1) is 12.7 Å². The molecule has 1 unspecified atom stereocenters. The predicted molar refractivity (Wildman–Crippen MR) is 164 cm³/mol. The van der Waals surface area contributed by atoms with Crippen LogP contribution in [0.4, 0.5) is 15.8 Å². The van der Waals surface area contributed by atoms with Crippen molar-refractivity contribution < 1.29 is 28.7 Å². The number of benzene rings is 2. The van der Waals surface area contributed by atoms with Gasteiger partial charge < -0.3 is 19.5 Å². The second-order valence-corrected chi connectivity index (χ2v) is 12.2. The highest BCUT2D eigenvalue weighted by Crippen LogP contribution is 2.38. The first-order valence-corrected chi connectivity index (χ1v) is 15.0. The minimum atomic E-state index is -1.35. The average Bonchev–Trinajstić information content (AvgIpc) is 3.73. The molecule has 7 rings (SSSR count). The Morgan fingerprint density at radius 1 is 1.04 bits per heavy atom. The third kappa shape index (κ3) is 4.99. The molecular formula is C32H30FN7O6. The van der Waals surface area contributed by atoms with Gasteiger partial charge in [-0.25, -0.2) is 13.9 Å². The molecule has 0 bridgehead atoms. The van der Waals surface area contributed by atoms with Gasteiger partial charge in [-0.05, 0) is 51.0 Å². The van der Waals surface area contributed by atoms with E-state index in [2.05, 4.69) is 10.3 Å². The van der Waals surface area contributed by atoms with Gasteiger partial charge in [-0.1, -0.05) is 16.8 Å². The van der Waals surface area contributed by atoms with Crippen LogP contribution in [0.25, 0.3) is 10.9 Å². The quantitative estimate of drug-likeness (QED) is 0.305. The molecule has 2 amide bonds. The highest BCUT2D eigenvalue weighted by Gasteiger charge is 2.36. The fourth-order valence-electron chi connectivity index (χ4n) is 6.41. The lowest BCUT2D eigenvalue weighted by Crippen LogP contribution is -2.55. The van der Waals surface area contributed by atoms with Gasteiger partial charge in [0.15, 0.2) is 0 Å². The Morgan fingerprint density at radius 3 is 2.54 bits per heavy atom. The number of fused-ring (bicyclic) bond motifs is 2. The summed E-state index contributed by atoms with van der Waals surface area (Å²) >= 11 is 0. The second kappa shape index (κ2) is 10.9. The summed E-state index contributed by atoms with van der Waals surface area (Å²) in [5.74, 6) is -3.39. The zero-order valence-electron chi connectivity index (χ0n) is 25.1. The van der Waals surface area contributed by atoms with E-state index in [1.807, 2.05) is 24.8 Å². The van der Waals surface area contributed by atoms with Crippen LogP contribution in [0.5, 0.6) is 0 Å². The fourth-order valence-corrected chi connectivity index (χ4v) is 6.41. The summed E-state index contributed by atoms with van der Waals surface area (Å²) < 4.78 is 18.6. The van der Waals surface area contributed by atoms with Gasteiger partial charge in [-0.2, -0.15) is 0 Å². The summed E-state index contributed by atoms with van der Waals surface area (Å²) in [6.07, 6.45) is 4.61. The van der Waals surface area contributed by atoms with Gasteiger partial charge in [0.2, 0.25) is 11.3 Å². The van der Waals surface area contributed by atoms with Crippen LogP contribution in [0.3, 0.4) is 0 Å². The van der Waals surface area contributed by atoms with E-state index in [0.29, 0.717) is 42.1 Å². The second-order valence-electron chi connectivity index (χ2n) is 12.2. The minimum absolute atomic E-state index is 0.0297. The van der Waals surface area contributed by atoms with E-state index in [-0.39, 0.29) is 47.7 Å². The number of aromatic carboxylic acids is 1. The highest BCUT2D eigenvalue weighted by molar-refractivity contribution is 6.52. The number of amides is 2. The van der Waals surface area contributed by atoms with Crippen molar-refractivity contribution in [3.63, 3.8) is 0 Å². The predicted octanol–water partition coefficient (Wildman–Crippen LogP) is 2.54. The average molecular weight is 628 g/mol. The van der Waals surface area contributed by atoms with E-state index in [1.165, 1.54) is 15.8 Å². The van der Waals surface area contributed by atoms with Crippen LogP contribution < -0.4 is 15.2 Å². The molecule has 2 aliphatic heterocycles. The first-order chi connectivity index (χ1) is 22.0. The summed E-state index contributed by atoms with van der Waals surface area (Å²) in [4.78, 5) is 67.8. The van der Waals surface area contributed by atoms with Crippen LogP contribution in [0.15, 0.2) is 47.5 Å². The van der Waals surface area contributed by atoms with Crippen LogP contribution in [0.1, 0.15) is 57.8 Å². The van der Waals surface area contributed by atoms with Crippen LogP contribution >= 0.6 is 0 Å². The minimum Gasteiger partial charge on any atom is -0.477 e. The fraction of sp³-hybridized carbons (Fsp3) is 0.344. The molecule has 236 valence electrons. The van der Waals surface area contributed by atoms with Crippen molar-refractivity contribution in [1.82, 2.24) is 24.5 Å². The molecule has 13 nitrogen and oxygen atoms in total. The zero-order valence-corrected chi connectivity index (χ0v) is 25.1. The first-order valence-electron chi connectivity index (χ1n) is 15.0. The normalized spacial score (nSPS) is 18.1. The molecule has 46 heavy (non-hydrogen) atoms. The molecule has 0 radical (unpaired) electrons. The number of halogens is 1. The molecule has 3 aliphatic rings. The van der Waals surface area contributed by atoms with Crippen molar-refractivity contribution in [3.05, 3.63) is 81.2 Å². The lowest BCUT2D eigenvalue weighted by atomic mass is 10.1. The lowest BCUT2D eigenvalue weighted by molar-refractivity contribution is -0.134. The number of rotatable bonds is 7. The number of piperazine rings is 1. The molecule has 2 aromatic heterocycles. The summed E-state index contributed by atoms with van der Waals surface area (Å²) in [6, 6.07) is 7.74. The van der Waals surface area contributed by atoms with Gasteiger partial charge in [-0.3, -0.25) is 24.1 Å².